The van der Waals surface area contributed by atoms with Gasteiger partial charge in [-0.2, -0.15) is 0 Å². The van der Waals surface area contributed by atoms with E-state index in [2.05, 4.69) is 5.32 Å². The van der Waals surface area contributed by atoms with Gasteiger partial charge in [0.05, 0.1) is 5.41 Å². The third kappa shape index (κ3) is 4.78. The van der Waals surface area contributed by atoms with Crippen LogP contribution in [-0.4, -0.2) is 35.2 Å². The second-order valence-corrected chi connectivity index (χ2v) is 6.74. The molecule has 0 aromatic carbocycles. The van der Waals surface area contributed by atoms with Gasteiger partial charge in [-0.05, 0) is 31.1 Å². The third-order valence-corrected chi connectivity index (χ3v) is 4.29. The molecule has 0 aliphatic heterocycles. The number of amides is 1. The molecule has 1 aliphatic rings. The summed E-state index contributed by atoms with van der Waals surface area (Å²) in [6.45, 7) is 4.73. The minimum absolute atomic E-state index is 0.0789. The Morgan fingerprint density at radius 2 is 1.85 bits per heavy atom. The monoisotopic (exact) mass is 285 g/mol. The Kier molecular flexibility index (Phi) is 5.99. The van der Waals surface area contributed by atoms with Crippen molar-refractivity contribution in [3.63, 3.8) is 0 Å². The second kappa shape index (κ2) is 7.07. The van der Waals surface area contributed by atoms with Gasteiger partial charge < -0.3 is 15.5 Å². The van der Waals surface area contributed by atoms with Crippen LogP contribution in [0.3, 0.4) is 0 Å². The van der Waals surface area contributed by atoms with Crippen LogP contribution in [0.4, 0.5) is 0 Å². The molecule has 0 saturated heterocycles. The zero-order chi connectivity index (χ0) is 15.2. The number of hydrogen-bond acceptors (Lipinski definition) is 3. The van der Waals surface area contributed by atoms with Crippen molar-refractivity contribution in [3.8, 4) is 0 Å². The van der Waals surface area contributed by atoms with Crippen molar-refractivity contribution in [2.45, 2.75) is 58.8 Å². The highest BCUT2D eigenvalue weighted by atomic mass is 16.4. The summed E-state index contributed by atoms with van der Waals surface area (Å²) in [5.41, 5.74) is -0.927. The Morgan fingerprint density at radius 1 is 1.25 bits per heavy atom. The predicted octanol–water partition coefficient (Wildman–Crippen LogP) is 1.94. The Morgan fingerprint density at radius 3 is 2.35 bits per heavy atom. The third-order valence-electron chi connectivity index (χ3n) is 4.29. The minimum Gasteiger partial charge on any atom is -0.481 e. The number of aliphatic carboxylic acids is 1. The summed E-state index contributed by atoms with van der Waals surface area (Å²) in [5, 5.41) is 21.0. The van der Waals surface area contributed by atoms with Gasteiger partial charge in [-0.3, -0.25) is 9.59 Å². The first-order chi connectivity index (χ1) is 9.31. The van der Waals surface area contributed by atoms with Gasteiger partial charge in [-0.1, -0.05) is 26.7 Å². The number of aliphatic hydroxyl groups excluding tert-OH is 1. The van der Waals surface area contributed by atoms with Crippen LogP contribution in [-0.2, 0) is 9.59 Å². The van der Waals surface area contributed by atoms with Crippen molar-refractivity contribution < 1.29 is 19.8 Å². The molecule has 20 heavy (non-hydrogen) atoms. The maximum Gasteiger partial charge on any atom is 0.310 e. The summed E-state index contributed by atoms with van der Waals surface area (Å²) >= 11 is 0. The van der Waals surface area contributed by atoms with Crippen LogP contribution < -0.4 is 5.32 Å². The van der Waals surface area contributed by atoms with Gasteiger partial charge in [0, 0.05) is 19.6 Å². The number of carbonyl (C=O) groups excluding carboxylic acids is 1. The van der Waals surface area contributed by atoms with E-state index in [0.29, 0.717) is 25.8 Å². The highest BCUT2D eigenvalue weighted by Gasteiger charge is 2.43. The van der Waals surface area contributed by atoms with Gasteiger partial charge in [0.15, 0.2) is 0 Å². The van der Waals surface area contributed by atoms with Gasteiger partial charge in [-0.25, -0.2) is 0 Å². The highest BCUT2D eigenvalue weighted by Crippen LogP contribution is 2.41. The van der Waals surface area contributed by atoms with Gasteiger partial charge in [-0.15, -0.1) is 0 Å². The van der Waals surface area contributed by atoms with Crippen molar-refractivity contribution in [2.24, 2.45) is 10.8 Å². The lowest BCUT2D eigenvalue weighted by atomic mass is 9.82. The van der Waals surface area contributed by atoms with Crippen LogP contribution in [0.15, 0.2) is 0 Å². The van der Waals surface area contributed by atoms with E-state index in [9.17, 15) is 14.7 Å². The molecular formula is C15H27NO4. The first-order valence-corrected chi connectivity index (χ1v) is 7.42. The number of nitrogens with one attached hydrogen (secondary N) is 1. The summed E-state index contributed by atoms with van der Waals surface area (Å²) in [5.74, 6) is -1.02. The molecule has 1 fully saturated rings. The molecule has 0 aromatic rings. The molecule has 0 atom stereocenters. The first-order valence-electron chi connectivity index (χ1n) is 7.42. The number of aliphatic hydroxyl groups is 1. The van der Waals surface area contributed by atoms with E-state index in [1.54, 1.807) is 0 Å². The van der Waals surface area contributed by atoms with E-state index in [1.165, 1.54) is 0 Å². The van der Waals surface area contributed by atoms with Crippen molar-refractivity contribution in [1.82, 2.24) is 5.32 Å². The van der Waals surface area contributed by atoms with Gasteiger partial charge in [0.1, 0.15) is 0 Å². The van der Waals surface area contributed by atoms with Gasteiger partial charge in [0.25, 0.3) is 0 Å². The maximum atomic E-state index is 12.0. The number of hydrogen-bond donors (Lipinski definition) is 3. The summed E-state index contributed by atoms with van der Waals surface area (Å²) in [6, 6.07) is 0. The average molecular weight is 285 g/mol. The summed E-state index contributed by atoms with van der Waals surface area (Å²) in [4.78, 5) is 23.4. The molecule has 3 N–H and O–H groups in total. The number of carboxylic acid groups (broad SMARTS) is 1. The summed E-state index contributed by atoms with van der Waals surface area (Å²) in [6.07, 6.45) is 4.60. The van der Waals surface area contributed by atoms with E-state index < -0.39 is 11.4 Å². The molecule has 5 heteroatoms. The maximum absolute atomic E-state index is 12.0. The van der Waals surface area contributed by atoms with E-state index in [1.807, 2.05) is 13.8 Å². The minimum atomic E-state index is -0.848. The van der Waals surface area contributed by atoms with Crippen molar-refractivity contribution >= 4 is 11.9 Å². The largest absolute Gasteiger partial charge is 0.481 e. The highest BCUT2D eigenvalue weighted by molar-refractivity contribution is 5.85. The van der Waals surface area contributed by atoms with Crippen LogP contribution in [0.25, 0.3) is 0 Å². The predicted molar refractivity (Wildman–Crippen MR) is 76.3 cm³/mol. The first kappa shape index (κ1) is 17.0. The van der Waals surface area contributed by atoms with Crippen molar-refractivity contribution in [1.29, 1.82) is 0 Å². The molecule has 1 aliphatic carbocycles. The zero-order valence-electron chi connectivity index (χ0n) is 12.6. The molecule has 0 unspecified atom stereocenters. The lowest BCUT2D eigenvalue weighted by molar-refractivity contribution is -0.151. The summed E-state index contributed by atoms with van der Waals surface area (Å²) < 4.78 is 0. The van der Waals surface area contributed by atoms with Crippen LogP contribution in [0.5, 0.6) is 0 Å². The van der Waals surface area contributed by atoms with Crippen molar-refractivity contribution in [3.05, 3.63) is 0 Å². The Hall–Kier alpha value is -1.10. The van der Waals surface area contributed by atoms with Crippen LogP contribution >= 0.6 is 0 Å². The van der Waals surface area contributed by atoms with E-state index in [4.69, 9.17) is 5.11 Å². The molecule has 1 amide bonds. The molecule has 5 nitrogen and oxygen atoms in total. The molecule has 116 valence electrons. The zero-order valence-corrected chi connectivity index (χ0v) is 12.6. The topological polar surface area (TPSA) is 86.6 Å². The van der Waals surface area contributed by atoms with Crippen molar-refractivity contribution in [2.75, 3.05) is 13.2 Å². The SMILES string of the molecule is CC(C)(CCCO)CNC(=O)CC1(C(=O)O)CCCC1. The Balaban J connectivity index is 2.45. The second-order valence-electron chi connectivity index (χ2n) is 6.74. The number of carbonyl (C=O) groups is 2. The molecule has 0 aromatic heterocycles. The lowest BCUT2D eigenvalue weighted by Gasteiger charge is -2.27. The quantitative estimate of drug-likeness (QED) is 0.636. The molecule has 0 bridgehead atoms. The van der Waals surface area contributed by atoms with Crippen LogP contribution in [0, 0.1) is 10.8 Å². The fraction of sp³-hybridized carbons (Fsp3) is 0.867. The van der Waals surface area contributed by atoms with E-state index in [0.717, 1.165) is 19.3 Å². The Labute approximate surface area is 120 Å². The molecule has 1 saturated carbocycles. The Bertz CT molecular complexity index is 346. The average Bonchev–Trinajstić information content (AvgIpc) is 2.84. The molecule has 1 rings (SSSR count). The van der Waals surface area contributed by atoms with Crippen LogP contribution in [0.1, 0.15) is 58.8 Å². The molecule has 0 heterocycles. The lowest BCUT2D eigenvalue weighted by Crippen LogP contribution is -2.39. The molecular weight excluding hydrogens is 258 g/mol. The normalized spacial score (nSPS) is 17.9. The fourth-order valence-electron chi connectivity index (χ4n) is 2.87. The summed E-state index contributed by atoms with van der Waals surface area (Å²) in [7, 11) is 0. The smallest absolute Gasteiger partial charge is 0.310 e. The number of rotatable bonds is 8. The van der Waals surface area contributed by atoms with Gasteiger partial charge in [0.2, 0.25) is 5.91 Å². The van der Waals surface area contributed by atoms with E-state index in [-0.39, 0.29) is 24.3 Å². The van der Waals surface area contributed by atoms with Crippen LogP contribution in [0.2, 0.25) is 0 Å². The van der Waals surface area contributed by atoms with Gasteiger partial charge >= 0.3 is 5.97 Å². The molecule has 0 radical (unpaired) electrons. The molecule has 0 spiro atoms. The number of carboxylic acids is 1. The fourth-order valence-corrected chi connectivity index (χ4v) is 2.87. The van der Waals surface area contributed by atoms with E-state index >= 15 is 0 Å². The standard InChI is InChI=1S/C15H27NO4/c1-14(2,6-5-9-17)11-16-12(18)10-15(13(19)20)7-3-4-8-15/h17H,3-11H2,1-2H3,(H,16,18)(H,19,20).